The molecule has 3 heteroatoms. The Balaban J connectivity index is 2.62. The predicted octanol–water partition coefficient (Wildman–Crippen LogP) is 4.14. The van der Waals surface area contributed by atoms with E-state index in [9.17, 15) is 13.6 Å². The lowest BCUT2D eigenvalue weighted by molar-refractivity contribution is 0.101. The average molecular weight is 246 g/mol. The summed E-state index contributed by atoms with van der Waals surface area (Å²) in [4.78, 5) is 11.3. The fourth-order valence-electron chi connectivity index (χ4n) is 1.83. The summed E-state index contributed by atoms with van der Waals surface area (Å²) in [6.07, 6.45) is 0. The Morgan fingerprint density at radius 3 is 2.50 bits per heavy atom. The Labute approximate surface area is 104 Å². The number of benzene rings is 2. The summed E-state index contributed by atoms with van der Waals surface area (Å²) in [7, 11) is 0. The summed E-state index contributed by atoms with van der Waals surface area (Å²) in [5.74, 6) is -1.31. The molecule has 0 aliphatic carbocycles. The Kier molecular flexibility index (Phi) is 3.24. The van der Waals surface area contributed by atoms with E-state index in [4.69, 9.17) is 0 Å². The van der Waals surface area contributed by atoms with Gasteiger partial charge in [0.05, 0.1) is 5.56 Å². The van der Waals surface area contributed by atoms with Crippen LogP contribution in [0.5, 0.6) is 0 Å². The molecule has 92 valence electrons. The molecule has 0 saturated heterocycles. The van der Waals surface area contributed by atoms with Crippen molar-refractivity contribution in [2.24, 2.45) is 0 Å². The molecule has 0 spiro atoms. The minimum atomic E-state index is -0.584. The van der Waals surface area contributed by atoms with Gasteiger partial charge in [-0.15, -0.1) is 0 Å². The van der Waals surface area contributed by atoms with Crippen LogP contribution in [0.2, 0.25) is 0 Å². The third-order valence-corrected chi connectivity index (χ3v) is 2.85. The van der Waals surface area contributed by atoms with Gasteiger partial charge < -0.3 is 0 Å². The second-order valence-electron chi connectivity index (χ2n) is 4.19. The molecular formula is C15H12F2O. The van der Waals surface area contributed by atoms with Crippen molar-refractivity contribution in [1.29, 1.82) is 0 Å². The van der Waals surface area contributed by atoms with Crippen LogP contribution in [0.4, 0.5) is 8.78 Å². The summed E-state index contributed by atoms with van der Waals surface area (Å²) in [6.45, 7) is 2.95. The molecule has 0 radical (unpaired) electrons. The van der Waals surface area contributed by atoms with E-state index in [1.807, 2.05) is 0 Å². The third-order valence-electron chi connectivity index (χ3n) is 2.85. The molecule has 0 aliphatic rings. The topological polar surface area (TPSA) is 17.1 Å². The molecule has 0 atom stereocenters. The molecule has 0 heterocycles. The number of rotatable bonds is 2. The van der Waals surface area contributed by atoms with E-state index in [2.05, 4.69) is 0 Å². The van der Waals surface area contributed by atoms with Gasteiger partial charge in [-0.2, -0.15) is 0 Å². The smallest absolute Gasteiger partial charge is 0.162 e. The van der Waals surface area contributed by atoms with Crippen LogP contribution < -0.4 is 0 Å². The molecule has 0 unspecified atom stereocenters. The van der Waals surface area contributed by atoms with E-state index in [0.717, 1.165) is 0 Å². The zero-order valence-corrected chi connectivity index (χ0v) is 10.1. The first-order valence-electron chi connectivity index (χ1n) is 5.56. The van der Waals surface area contributed by atoms with Crippen molar-refractivity contribution in [3.05, 3.63) is 59.2 Å². The van der Waals surface area contributed by atoms with Crippen molar-refractivity contribution in [2.75, 3.05) is 0 Å². The maximum absolute atomic E-state index is 13.9. The van der Waals surface area contributed by atoms with E-state index in [0.29, 0.717) is 16.7 Å². The molecule has 2 rings (SSSR count). The van der Waals surface area contributed by atoms with E-state index >= 15 is 0 Å². The number of halogens is 2. The van der Waals surface area contributed by atoms with Crippen molar-refractivity contribution >= 4 is 5.78 Å². The van der Waals surface area contributed by atoms with E-state index in [1.165, 1.54) is 25.1 Å². The first kappa shape index (κ1) is 12.4. The summed E-state index contributed by atoms with van der Waals surface area (Å²) in [5.41, 5.74) is 1.37. The normalized spacial score (nSPS) is 10.4. The maximum atomic E-state index is 13.9. The Bertz CT molecular complexity index is 618. The number of carbonyl (C=O) groups is 1. The van der Waals surface area contributed by atoms with Crippen LogP contribution in [0.3, 0.4) is 0 Å². The number of hydrogen-bond acceptors (Lipinski definition) is 1. The fourth-order valence-corrected chi connectivity index (χ4v) is 1.83. The molecule has 0 amide bonds. The number of hydrogen-bond donors (Lipinski definition) is 0. The second-order valence-corrected chi connectivity index (χ2v) is 4.19. The van der Waals surface area contributed by atoms with Crippen LogP contribution in [0, 0.1) is 18.6 Å². The summed E-state index contributed by atoms with van der Waals surface area (Å²) >= 11 is 0. The molecular weight excluding hydrogens is 234 g/mol. The summed E-state index contributed by atoms with van der Waals surface area (Å²) < 4.78 is 27.3. The molecule has 0 N–H and O–H groups in total. The lowest BCUT2D eigenvalue weighted by atomic mass is 9.99. The molecule has 0 aromatic heterocycles. The fraction of sp³-hybridized carbons (Fsp3) is 0.133. The minimum absolute atomic E-state index is 0.0200. The first-order chi connectivity index (χ1) is 8.50. The predicted molar refractivity (Wildman–Crippen MR) is 66.5 cm³/mol. The highest BCUT2D eigenvalue weighted by molar-refractivity contribution is 5.95. The van der Waals surface area contributed by atoms with Crippen LogP contribution in [0.1, 0.15) is 22.8 Å². The lowest BCUT2D eigenvalue weighted by Crippen LogP contribution is -1.98. The number of aryl methyl sites for hydroxylation is 1. The van der Waals surface area contributed by atoms with Crippen molar-refractivity contribution in [3.8, 4) is 11.1 Å². The van der Waals surface area contributed by atoms with Gasteiger partial charge in [-0.05, 0) is 37.1 Å². The average Bonchev–Trinajstić information content (AvgIpc) is 2.33. The van der Waals surface area contributed by atoms with E-state index in [-0.39, 0.29) is 17.2 Å². The van der Waals surface area contributed by atoms with Crippen molar-refractivity contribution in [2.45, 2.75) is 13.8 Å². The van der Waals surface area contributed by atoms with Crippen molar-refractivity contribution < 1.29 is 13.6 Å². The highest BCUT2D eigenvalue weighted by atomic mass is 19.1. The first-order valence-corrected chi connectivity index (χ1v) is 5.56. The lowest BCUT2D eigenvalue weighted by Gasteiger charge is -2.07. The molecule has 0 bridgehead atoms. The van der Waals surface area contributed by atoms with Crippen molar-refractivity contribution in [1.82, 2.24) is 0 Å². The highest BCUT2D eigenvalue weighted by Crippen LogP contribution is 2.26. The van der Waals surface area contributed by atoms with Gasteiger partial charge in [0.2, 0.25) is 0 Å². The van der Waals surface area contributed by atoms with Gasteiger partial charge in [-0.25, -0.2) is 8.78 Å². The molecule has 2 aromatic carbocycles. The van der Waals surface area contributed by atoms with Crippen LogP contribution >= 0.6 is 0 Å². The van der Waals surface area contributed by atoms with Crippen LogP contribution in [0.15, 0.2) is 36.4 Å². The van der Waals surface area contributed by atoms with Gasteiger partial charge in [0, 0.05) is 5.56 Å². The SMILES string of the molecule is CC(=O)c1cc(-c2cccc(C)c2F)ccc1F. The van der Waals surface area contributed by atoms with Gasteiger partial charge in [-0.1, -0.05) is 24.3 Å². The van der Waals surface area contributed by atoms with Gasteiger partial charge in [-0.3, -0.25) is 4.79 Å². The molecule has 18 heavy (non-hydrogen) atoms. The van der Waals surface area contributed by atoms with Crippen LogP contribution in [-0.2, 0) is 0 Å². The van der Waals surface area contributed by atoms with E-state index in [1.54, 1.807) is 25.1 Å². The number of carbonyl (C=O) groups excluding carboxylic acids is 1. The van der Waals surface area contributed by atoms with Crippen LogP contribution in [0.25, 0.3) is 11.1 Å². The highest BCUT2D eigenvalue weighted by Gasteiger charge is 2.12. The minimum Gasteiger partial charge on any atom is -0.294 e. The van der Waals surface area contributed by atoms with E-state index < -0.39 is 5.82 Å². The van der Waals surface area contributed by atoms with Gasteiger partial charge in [0.1, 0.15) is 11.6 Å². The zero-order valence-electron chi connectivity index (χ0n) is 10.1. The van der Waals surface area contributed by atoms with Gasteiger partial charge in [0.25, 0.3) is 0 Å². The quantitative estimate of drug-likeness (QED) is 0.728. The second kappa shape index (κ2) is 4.69. The molecule has 1 nitrogen and oxygen atoms in total. The zero-order chi connectivity index (χ0) is 13.3. The number of ketones is 1. The Morgan fingerprint density at radius 1 is 1.11 bits per heavy atom. The molecule has 0 fully saturated rings. The third kappa shape index (κ3) is 2.16. The molecule has 0 aliphatic heterocycles. The maximum Gasteiger partial charge on any atom is 0.162 e. The number of Topliss-reactive ketones (excluding diaryl/α,β-unsaturated/α-hetero) is 1. The summed E-state index contributed by atoms with van der Waals surface area (Å²) in [6, 6.07) is 9.04. The molecule has 2 aromatic rings. The van der Waals surface area contributed by atoms with Gasteiger partial charge >= 0.3 is 0 Å². The monoisotopic (exact) mass is 246 g/mol. The van der Waals surface area contributed by atoms with Crippen LogP contribution in [-0.4, -0.2) is 5.78 Å². The Morgan fingerprint density at radius 2 is 1.83 bits per heavy atom. The van der Waals surface area contributed by atoms with Gasteiger partial charge in [0.15, 0.2) is 5.78 Å². The Hall–Kier alpha value is -2.03. The standard InChI is InChI=1S/C15H12F2O/c1-9-4-3-5-12(15(9)17)11-6-7-14(16)13(8-11)10(2)18/h3-8H,1-2H3. The molecule has 0 saturated carbocycles. The largest absolute Gasteiger partial charge is 0.294 e. The summed E-state index contributed by atoms with van der Waals surface area (Å²) in [5, 5.41) is 0. The van der Waals surface area contributed by atoms with Crippen molar-refractivity contribution in [3.63, 3.8) is 0 Å².